The Morgan fingerprint density at radius 3 is 2.88 bits per heavy atom. The highest BCUT2D eigenvalue weighted by Gasteiger charge is 2.27. The largest absolute Gasteiger partial charge is 0.313 e. The van der Waals surface area contributed by atoms with Crippen LogP contribution in [0, 0.1) is 5.92 Å². The molecule has 0 aromatic carbocycles. The van der Waals surface area contributed by atoms with Crippen LogP contribution in [0.1, 0.15) is 52.4 Å². The normalized spacial score (nSPS) is 38.2. The molecule has 94 valence electrons. The molecule has 1 saturated carbocycles. The number of hydrogen-bond acceptors (Lipinski definition) is 2. The van der Waals surface area contributed by atoms with Crippen LogP contribution in [0.25, 0.3) is 0 Å². The summed E-state index contributed by atoms with van der Waals surface area (Å²) in [7, 11) is 0. The Kier molecular flexibility index (Phi) is 4.66. The summed E-state index contributed by atoms with van der Waals surface area (Å²) < 4.78 is 0. The summed E-state index contributed by atoms with van der Waals surface area (Å²) in [5.41, 5.74) is 0. The minimum atomic E-state index is 0.736. The smallest absolute Gasteiger partial charge is 0.0192 e. The third kappa shape index (κ3) is 3.21. The van der Waals surface area contributed by atoms with Crippen LogP contribution < -0.4 is 5.32 Å². The first-order chi connectivity index (χ1) is 7.79. The van der Waals surface area contributed by atoms with Crippen molar-refractivity contribution in [2.75, 3.05) is 19.6 Å². The van der Waals surface area contributed by atoms with Gasteiger partial charge in [0.2, 0.25) is 0 Å². The van der Waals surface area contributed by atoms with Crippen molar-refractivity contribution >= 4 is 0 Å². The molecule has 0 spiro atoms. The highest BCUT2D eigenvalue weighted by Crippen LogP contribution is 2.28. The Morgan fingerprint density at radius 1 is 1.25 bits per heavy atom. The van der Waals surface area contributed by atoms with Crippen LogP contribution in [-0.2, 0) is 0 Å². The van der Waals surface area contributed by atoms with E-state index in [0.29, 0.717) is 0 Å². The molecule has 0 aromatic heterocycles. The molecule has 0 aromatic rings. The summed E-state index contributed by atoms with van der Waals surface area (Å²) in [6, 6.07) is 1.62. The molecule has 16 heavy (non-hydrogen) atoms. The minimum Gasteiger partial charge on any atom is -0.313 e. The summed E-state index contributed by atoms with van der Waals surface area (Å²) in [5.74, 6) is 0.954. The highest BCUT2D eigenvalue weighted by molar-refractivity contribution is 4.84. The second kappa shape index (κ2) is 6.02. The number of nitrogens with zero attached hydrogens (tertiary/aromatic N) is 1. The van der Waals surface area contributed by atoms with Gasteiger partial charge in [-0.25, -0.2) is 0 Å². The van der Waals surface area contributed by atoms with Crippen molar-refractivity contribution in [1.82, 2.24) is 10.2 Å². The third-order valence-electron chi connectivity index (χ3n) is 4.43. The highest BCUT2D eigenvalue weighted by atomic mass is 15.2. The van der Waals surface area contributed by atoms with Crippen molar-refractivity contribution in [3.05, 3.63) is 0 Å². The van der Waals surface area contributed by atoms with Crippen molar-refractivity contribution in [3.63, 3.8) is 0 Å². The second-order valence-corrected chi connectivity index (χ2v) is 5.83. The van der Waals surface area contributed by atoms with Gasteiger partial charge < -0.3 is 5.32 Å². The molecular formula is C14H28N2. The molecule has 2 rings (SSSR count). The van der Waals surface area contributed by atoms with Gasteiger partial charge in [0.15, 0.2) is 0 Å². The van der Waals surface area contributed by atoms with Crippen molar-refractivity contribution in [3.8, 4) is 0 Å². The van der Waals surface area contributed by atoms with Gasteiger partial charge in [-0.2, -0.15) is 0 Å². The average Bonchev–Trinajstić information content (AvgIpc) is 2.54. The predicted molar refractivity (Wildman–Crippen MR) is 69.7 cm³/mol. The molecule has 2 heteroatoms. The first-order valence-electron chi connectivity index (χ1n) is 7.27. The Bertz CT molecular complexity index is 205. The van der Waals surface area contributed by atoms with Gasteiger partial charge >= 0.3 is 0 Å². The van der Waals surface area contributed by atoms with Crippen LogP contribution in [0.5, 0.6) is 0 Å². The van der Waals surface area contributed by atoms with Crippen LogP contribution in [0.2, 0.25) is 0 Å². The Balaban J connectivity index is 1.90. The Morgan fingerprint density at radius 2 is 2.12 bits per heavy atom. The lowest BCUT2D eigenvalue weighted by Gasteiger charge is -2.37. The van der Waals surface area contributed by atoms with Crippen molar-refractivity contribution in [1.29, 1.82) is 0 Å². The maximum atomic E-state index is 3.67. The second-order valence-electron chi connectivity index (χ2n) is 5.83. The van der Waals surface area contributed by atoms with E-state index in [1.165, 1.54) is 58.2 Å². The molecule has 0 amide bonds. The molecule has 2 aliphatic rings. The van der Waals surface area contributed by atoms with Gasteiger partial charge in [0.25, 0.3) is 0 Å². The van der Waals surface area contributed by atoms with Crippen LogP contribution in [-0.4, -0.2) is 36.6 Å². The van der Waals surface area contributed by atoms with Gasteiger partial charge in [-0.1, -0.05) is 26.7 Å². The monoisotopic (exact) mass is 224 g/mol. The van der Waals surface area contributed by atoms with Gasteiger partial charge in [-0.15, -0.1) is 0 Å². The molecule has 3 unspecified atom stereocenters. The summed E-state index contributed by atoms with van der Waals surface area (Å²) in [5, 5.41) is 3.67. The van der Waals surface area contributed by atoms with Crippen LogP contribution in [0.15, 0.2) is 0 Å². The maximum Gasteiger partial charge on any atom is 0.0192 e. The van der Waals surface area contributed by atoms with E-state index in [-0.39, 0.29) is 0 Å². The lowest BCUT2D eigenvalue weighted by Crippen LogP contribution is -2.44. The zero-order chi connectivity index (χ0) is 11.4. The molecule has 1 aliphatic heterocycles. The molecule has 3 atom stereocenters. The lowest BCUT2D eigenvalue weighted by molar-refractivity contribution is 0.132. The van der Waals surface area contributed by atoms with E-state index >= 15 is 0 Å². The maximum absolute atomic E-state index is 3.67. The molecular weight excluding hydrogens is 196 g/mol. The van der Waals surface area contributed by atoms with E-state index in [0.717, 1.165) is 18.0 Å². The standard InChI is InChI=1S/C14H28N2/c1-3-13-11-16(9-5-8-15-13)14-7-4-6-12(2)10-14/h12-15H,3-11H2,1-2H3. The van der Waals surface area contributed by atoms with Crippen LogP contribution in [0.4, 0.5) is 0 Å². The molecule has 2 nitrogen and oxygen atoms in total. The molecule has 1 aliphatic carbocycles. The van der Waals surface area contributed by atoms with Crippen molar-refractivity contribution in [2.45, 2.75) is 64.5 Å². The van der Waals surface area contributed by atoms with Crippen LogP contribution in [0.3, 0.4) is 0 Å². The fourth-order valence-corrected chi connectivity index (χ4v) is 3.37. The quantitative estimate of drug-likeness (QED) is 0.776. The van der Waals surface area contributed by atoms with E-state index in [1.807, 2.05) is 0 Å². The SMILES string of the molecule is CCC1CN(C2CCCC(C)C2)CCCN1. The van der Waals surface area contributed by atoms with Gasteiger partial charge in [0, 0.05) is 18.6 Å². The zero-order valence-electron chi connectivity index (χ0n) is 11.0. The van der Waals surface area contributed by atoms with Crippen molar-refractivity contribution < 1.29 is 0 Å². The lowest BCUT2D eigenvalue weighted by atomic mass is 9.86. The van der Waals surface area contributed by atoms with E-state index in [1.54, 1.807) is 0 Å². The molecule has 1 heterocycles. The first-order valence-corrected chi connectivity index (χ1v) is 7.27. The summed E-state index contributed by atoms with van der Waals surface area (Å²) in [6.45, 7) is 8.57. The third-order valence-corrected chi connectivity index (χ3v) is 4.43. The molecule has 1 saturated heterocycles. The van der Waals surface area contributed by atoms with E-state index < -0.39 is 0 Å². The summed E-state index contributed by atoms with van der Waals surface area (Å²) >= 11 is 0. The fourth-order valence-electron chi connectivity index (χ4n) is 3.37. The number of hydrogen-bond donors (Lipinski definition) is 1. The summed E-state index contributed by atoms with van der Waals surface area (Å²) in [6.07, 6.45) is 8.41. The van der Waals surface area contributed by atoms with Crippen LogP contribution >= 0.6 is 0 Å². The molecule has 0 bridgehead atoms. The molecule has 2 fully saturated rings. The Labute approximate surface area is 101 Å². The molecule has 1 N–H and O–H groups in total. The van der Waals surface area contributed by atoms with Gasteiger partial charge in [0.05, 0.1) is 0 Å². The minimum absolute atomic E-state index is 0.736. The number of rotatable bonds is 2. The van der Waals surface area contributed by atoms with E-state index in [2.05, 4.69) is 24.1 Å². The average molecular weight is 224 g/mol. The summed E-state index contributed by atoms with van der Waals surface area (Å²) in [4.78, 5) is 2.78. The van der Waals surface area contributed by atoms with Crippen molar-refractivity contribution in [2.24, 2.45) is 5.92 Å². The topological polar surface area (TPSA) is 15.3 Å². The molecule has 0 radical (unpaired) electrons. The fraction of sp³-hybridized carbons (Fsp3) is 1.00. The predicted octanol–water partition coefficient (Wildman–Crippen LogP) is 2.64. The van der Waals surface area contributed by atoms with E-state index in [4.69, 9.17) is 0 Å². The van der Waals surface area contributed by atoms with Gasteiger partial charge in [0.1, 0.15) is 0 Å². The first kappa shape index (κ1) is 12.4. The van der Waals surface area contributed by atoms with Gasteiger partial charge in [-0.3, -0.25) is 4.90 Å². The zero-order valence-corrected chi connectivity index (χ0v) is 11.0. The number of nitrogens with one attached hydrogen (secondary N) is 1. The van der Waals surface area contributed by atoms with Gasteiger partial charge in [-0.05, 0) is 44.7 Å². The Hall–Kier alpha value is -0.0800. The van der Waals surface area contributed by atoms with E-state index in [9.17, 15) is 0 Å².